The molecule has 0 aromatic heterocycles. The second-order valence-electron chi connectivity index (χ2n) is 9.00. The third kappa shape index (κ3) is 8.19. The summed E-state index contributed by atoms with van der Waals surface area (Å²) in [5, 5.41) is 0. The van der Waals surface area contributed by atoms with E-state index in [0.29, 0.717) is 44.2 Å². The van der Waals surface area contributed by atoms with E-state index < -0.39 is 21.7 Å². The molecule has 2 saturated heterocycles. The molecule has 0 radical (unpaired) electrons. The van der Waals surface area contributed by atoms with E-state index in [9.17, 15) is 18.0 Å². The lowest BCUT2D eigenvalue weighted by molar-refractivity contribution is -0.134. The molecule has 3 rings (SSSR count). The van der Waals surface area contributed by atoms with Gasteiger partial charge in [0.05, 0.1) is 12.6 Å². The van der Waals surface area contributed by atoms with E-state index in [1.54, 1.807) is 29.2 Å². The fourth-order valence-electron chi connectivity index (χ4n) is 4.11. The molecule has 0 atom stereocenters. The molecule has 2 amide bonds. The number of nitrogens with zero attached hydrogens (tertiary/aromatic N) is 3. The molecule has 2 fully saturated rings. The highest BCUT2D eigenvalue weighted by Crippen LogP contribution is 2.18. The van der Waals surface area contributed by atoms with Gasteiger partial charge in [-0.15, -0.1) is 0 Å². The number of amides is 2. The smallest absolute Gasteiger partial charge is 0.241 e. The number of carbonyl (C=O) groups excluding carboxylic acids is 2. The summed E-state index contributed by atoms with van der Waals surface area (Å²) in [4.78, 5) is 30.7. The Morgan fingerprint density at radius 3 is 2.03 bits per heavy atom. The Morgan fingerprint density at radius 2 is 1.45 bits per heavy atom. The van der Waals surface area contributed by atoms with Crippen LogP contribution in [0, 0.1) is 0 Å². The quantitative estimate of drug-likeness (QED) is 0.609. The monoisotopic (exact) mass is 480 g/mol. The van der Waals surface area contributed by atoms with E-state index >= 15 is 0 Å². The van der Waals surface area contributed by atoms with Gasteiger partial charge < -0.3 is 14.5 Å². The predicted molar refractivity (Wildman–Crippen MR) is 128 cm³/mol. The van der Waals surface area contributed by atoms with Gasteiger partial charge in [-0.25, -0.2) is 8.42 Å². The maximum absolute atomic E-state index is 12.6. The van der Waals surface area contributed by atoms with E-state index in [0.717, 1.165) is 25.9 Å². The van der Waals surface area contributed by atoms with Crippen LogP contribution in [0.5, 0.6) is 5.75 Å². The van der Waals surface area contributed by atoms with Crippen molar-refractivity contribution in [3.63, 3.8) is 0 Å². The lowest BCUT2D eigenvalue weighted by atomic mass is 10.2. The van der Waals surface area contributed by atoms with Gasteiger partial charge in [0.2, 0.25) is 21.8 Å². The molecule has 10 heteroatoms. The van der Waals surface area contributed by atoms with Crippen LogP contribution in [-0.2, 0) is 19.6 Å². The van der Waals surface area contributed by atoms with Gasteiger partial charge in [0, 0.05) is 45.0 Å². The summed E-state index contributed by atoms with van der Waals surface area (Å²) in [7, 11) is -3.83. The summed E-state index contributed by atoms with van der Waals surface area (Å²) >= 11 is 0. The number of rotatable bonds is 8. The van der Waals surface area contributed by atoms with Crippen LogP contribution in [0.25, 0.3) is 0 Å². The third-order valence-electron chi connectivity index (χ3n) is 5.86. The number of hydrogen-bond donors (Lipinski definition) is 1. The van der Waals surface area contributed by atoms with Crippen molar-refractivity contribution in [2.24, 2.45) is 0 Å². The Balaban J connectivity index is 1.43. The zero-order chi connectivity index (χ0) is 23.8. The number of nitrogens with one attached hydrogen (secondary N) is 1. The summed E-state index contributed by atoms with van der Waals surface area (Å²) in [6.07, 6.45) is 4.51. The van der Waals surface area contributed by atoms with Crippen LogP contribution in [-0.4, -0.2) is 92.6 Å². The molecule has 1 aromatic rings. The largest absolute Gasteiger partial charge is 0.491 e. The highest BCUT2D eigenvalue weighted by molar-refractivity contribution is 7.93. The molecule has 2 heterocycles. The molecule has 2 aliphatic heterocycles. The van der Waals surface area contributed by atoms with Crippen molar-refractivity contribution < 1.29 is 22.7 Å². The number of piperazine rings is 1. The molecular formula is C23H36N4O5S. The summed E-state index contributed by atoms with van der Waals surface area (Å²) < 4.78 is 33.0. The molecule has 33 heavy (non-hydrogen) atoms. The van der Waals surface area contributed by atoms with Crippen LogP contribution in [0.2, 0.25) is 0 Å². The van der Waals surface area contributed by atoms with Crippen LogP contribution in [0.3, 0.4) is 0 Å². The maximum Gasteiger partial charge on any atom is 0.241 e. The molecule has 9 nitrogen and oxygen atoms in total. The van der Waals surface area contributed by atoms with E-state index in [1.807, 2.05) is 23.6 Å². The first kappa shape index (κ1) is 25.3. The average molecular weight is 481 g/mol. The molecule has 0 saturated carbocycles. The SMILES string of the molecule is CC(C)Oc1ccc(NS(=O)(=O)CC(=O)N2CCN(CC(=O)N3CCCCCC3)CC2)cc1. The Morgan fingerprint density at radius 1 is 0.879 bits per heavy atom. The van der Waals surface area contributed by atoms with Crippen LogP contribution in [0.1, 0.15) is 39.5 Å². The molecule has 1 N–H and O–H groups in total. The Labute approximate surface area is 197 Å². The van der Waals surface area contributed by atoms with Crippen LogP contribution in [0.15, 0.2) is 24.3 Å². The summed E-state index contributed by atoms with van der Waals surface area (Å²) in [6, 6.07) is 6.59. The molecule has 0 unspecified atom stereocenters. The number of anilines is 1. The first-order valence-electron chi connectivity index (χ1n) is 11.8. The second kappa shape index (κ2) is 11.7. The van der Waals surface area contributed by atoms with Gasteiger partial charge in [0.15, 0.2) is 0 Å². The first-order chi connectivity index (χ1) is 15.7. The normalized spacial score (nSPS) is 18.2. The van der Waals surface area contributed by atoms with Gasteiger partial charge >= 0.3 is 0 Å². The van der Waals surface area contributed by atoms with Gasteiger partial charge in [0.25, 0.3) is 0 Å². The van der Waals surface area contributed by atoms with Crippen molar-refractivity contribution in [3.8, 4) is 5.75 Å². The second-order valence-corrected chi connectivity index (χ2v) is 10.7. The molecule has 0 aliphatic carbocycles. The first-order valence-corrected chi connectivity index (χ1v) is 13.4. The standard InChI is InChI=1S/C23H36N4O5S/c1-19(2)32-21-9-7-20(8-10-21)24-33(30,31)18-23(29)27-15-13-25(14-16-27)17-22(28)26-11-5-3-4-6-12-26/h7-10,19,24H,3-6,11-18H2,1-2H3. The Hall–Kier alpha value is -2.33. The van der Waals surface area contributed by atoms with Gasteiger partial charge in [-0.05, 0) is 51.0 Å². The molecular weight excluding hydrogens is 444 g/mol. The van der Waals surface area contributed by atoms with E-state index in [2.05, 4.69) is 4.72 Å². The van der Waals surface area contributed by atoms with Gasteiger partial charge in [-0.2, -0.15) is 0 Å². The van der Waals surface area contributed by atoms with Crippen molar-refractivity contribution in [1.82, 2.24) is 14.7 Å². The highest BCUT2D eigenvalue weighted by Gasteiger charge is 2.27. The molecule has 0 bridgehead atoms. The topological polar surface area (TPSA) is 99.3 Å². The number of likely N-dealkylation sites (tertiary alicyclic amines) is 1. The number of benzene rings is 1. The van der Waals surface area contributed by atoms with Crippen LogP contribution in [0.4, 0.5) is 5.69 Å². The predicted octanol–water partition coefficient (Wildman–Crippen LogP) is 1.76. The highest BCUT2D eigenvalue weighted by atomic mass is 32.2. The molecule has 1 aromatic carbocycles. The lowest BCUT2D eigenvalue weighted by Gasteiger charge is -2.35. The fraction of sp³-hybridized carbons (Fsp3) is 0.652. The van der Waals surface area contributed by atoms with Crippen molar-refractivity contribution in [2.45, 2.75) is 45.6 Å². The zero-order valence-corrected chi connectivity index (χ0v) is 20.5. The van der Waals surface area contributed by atoms with E-state index in [1.165, 1.54) is 12.8 Å². The Kier molecular flexibility index (Phi) is 8.96. The van der Waals surface area contributed by atoms with Crippen LogP contribution < -0.4 is 9.46 Å². The van der Waals surface area contributed by atoms with Gasteiger partial charge in [-0.1, -0.05) is 12.8 Å². The summed E-state index contributed by atoms with van der Waals surface area (Å²) in [6.45, 7) is 7.81. The number of hydrogen-bond acceptors (Lipinski definition) is 6. The van der Waals surface area contributed by atoms with Crippen molar-refractivity contribution in [3.05, 3.63) is 24.3 Å². The van der Waals surface area contributed by atoms with Crippen molar-refractivity contribution >= 4 is 27.5 Å². The lowest BCUT2D eigenvalue weighted by Crippen LogP contribution is -2.52. The minimum Gasteiger partial charge on any atom is -0.491 e. The Bertz CT molecular complexity index is 888. The van der Waals surface area contributed by atoms with Gasteiger partial charge in [-0.3, -0.25) is 19.2 Å². The third-order valence-corrected chi connectivity index (χ3v) is 7.03. The van der Waals surface area contributed by atoms with Crippen molar-refractivity contribution in [2.75, 3.05) is 56.3 Å². The molecule has 0 spiro atoms. The maximum atomic E-state index is 12.6. The van der Waals surface area contributed by atoms with Gasteiger partial charge in [0.1, 0.15) is 11.5 Å². The molecule has 2 aliphatic rings. The molecule has 184 valence electrons. The number of ether oxygens (including phenoxy) is 1. The average Bonchev–Trinajstić information content (AvgIpc) is 3.04. The van der Waals surface area contributed by atoms with E-state index in [-0.39, 0.29) is 12.0 Å². The summed E-state index contributed by atoms with van der Waals surface area (Å²) in [5.41, 5.74) is 0.385. The number of carbonyl (C=O) groups is 2. The minimum absolute atomic E-state index is 0.0260. The minimum atomic E-state index is -3.83. The summed E-state index contributed by atoms with van der Waals surface area (Å²) in [5.74, 6) is -0.241. The van der Waals surface area contributed by atoms with Crippen LogP contribution >= 0.6 is 0 Å². The number of sulfonamides is 1. The zero-order valence-electron chi connectivity index (χ0n) is 19.7. The fourth-order valence-corrected chi connectivity index (χ4v) is 5.19. The van der Waals surface area contributed by atoms with E-state index in [4.69, 9.17) is 4.74 Å². The van der Waals surface area contributed by atoms with Crippen molar-refractivity contribution in [1.29, 1.82) is 0 Å².